The molecular weight excluding hydrogens is 224 g/mol. The largest absolute Gasteiger partial charge is 0.355 e. The SMILES string of the molecule is CCC(F)(F)OCc1ccnc2ccccc12. The zero-order valence-corrected chi connectivity index (χ0v) is 9.49. The fourth-order valence-corrected chi connectivity index (χ4v) is 1.57. The molecule has 0 atom stereocenters. The van der Waals surface area contributed by atoms with Crippen LogP contribution in [0.1, 0.15) is 18.9 Å². The Bertz CT molecular complexity index is 508. The molecule has 0 aliphatic rings. The molecule has 0 spiro atoms. The lowest BCUT2D eigenvalue weighted by Crippen LogP contribution is -2.19. The summed E-state index contributed by atoms with van der Waals surface area (Å²) in [6, 6.07) is 9.11. The molecule has 2 nitrogen and oxygen atoms in total. The number of benzene rings is 1. The summed E-state index contributed by atoms with van der Waals surface area (Å²) in [6.07, 6.45) is -1.79. The van der Waals surface area contributed by atoms with Crippen LogP contribution in [-0.2, 0) is 11.3 Å². The number of hydrogen-bond acceptors (Lipinski definition) is 2. The smallest absolute Gasteiger partial charge is 0.316 e. The van der Waals surface area contributed by atoms with Gasteiger partial charge in [-0.3, -0.25) is 4.98 Å². The molecule has 4 heteroatoms. The van der Waals surface area contributed by atoms with Crippen LogP contribution in [0.2, 0.25) is 0 Å². The molecule has 0 saturated heterocycles. The molecule has 0 fully saturated rings. The first-order valence-electron chi connectivity index (χ1n) is 5.47. The third kappa shape index (κ3) is 2.77. The highest BCUT2D eigenvalue weighted by Gasteiger charge is 2.27. The van der Waals surface area contributed by atoms with Gasteiger partial charge in [0.25, 0.3) is 0 Å². The summed E-state index contributed by atoms with van der Waals surface area (Å²) in [5.41, 5.74) is 1.51. The molecule has 1 heterocycles. The Morgan fingerprint density at radius 1 is 1.24 bits per heavy atom. The molecule has 0 radical (unpaired) electrons. The van der Waals surface area contributed by atoms with E-state index in [2.05, 4.69) is 9.72 Å². The lowest BCUT2D eigenvalue weighted by Gasteiger charge is -2.15. The van der Waals surface area contributed by atoms with E-state index in [1.54, 1.807) is 12.3 Å². The van der Waals surface area contributed by atoms with Crippen LogP contribution in [0, 0.1) is 0 Å². The number of ether oxygens (including phenoxy) is 1. The number of halogens is 2. The van der Waals surface area contributed by atoms with E-state index in [4.69, 9.17) is 0 Å². The van der Waals surface area contributed by atoms with Gasteiger partial charge in [0, 0.05) is 18.0 Å². The van der Waals surface area contributed by atoms with E-state index in [-0.39, 0.29) is 13.0 Å². The van der Waals surface area contributed by atoms with Crippen molar-refractivity contribution in [1.29, 1.82) is 0 Å². The van der Waals surface area contributed by atoms with E-state index in [0.717, 1.165) is 16.5 Å². The van der Waals surface area contributed by atoms with Crippen molar-refractivity contribution in [2.24, 2.45) is 0 Å². The van der Waals surface area contributed by atoms with Gasteiger partial charge in [0.2, 0.25) is 0 Å². The van der Waals surface area contributed by atoms with Crippen molar-refractivity contribution in [2.75, 3.05) is 0 Å². The van der Waals surface area contributed by atoms with Gasteiger partial charge in [0.1, 0.15) is 0 Å². The fraction of sp³-hybridized carbons (Fsp3) is 0.308. The number of rotatable bonds is 4. The van der Waals surface area contributed by atoms with Crippen LogP contribution in [0.25, 0.3) is 10.9 Å². The number of nitrogens with zero attached hydrogens (tertiary/aromatic N) is 1. The van der Waals surface area contributed by atoms with Gasteiger partial charge in [-0.05, 0) is 17.7 Å². The Balaban J connectivity index is 2.24. The van der Waals surface area contributed by atoms with Gasteiger partial charge in [0.05, 0.1) is 12.1 Å². The Morgan fingerprint density at radius 3 is 2.76 bits per heavy atom. The summed E-state index contributed by atoms with van der Waals surface area (Å²) in [4.78, 5) is 4.16. The molecular formula is C13H13F2NO. The summed E-state index contributed by atoms with van der Waals surface area (Å²) in [5.74, 6) is 0. The third-order valence-electron chi connectivity index (χ3n) is 2.59. The lowest BCUT2D eigenvalue weighted by molar-refractivity contribution is -0.246. The molecule has 0 aliphatic heterocycles. The Labute approximate surface area is 98.2 Å². The molecule has 2 aromatic rings. The predicted molar refractivity (Wildman–Crippen MR) is 61.8 cm³/mol. The van der Waals surface area contributed by atoms with Gasteiger partial charge in [-0.15, -0.1) is 0 Å². The van der Waals surface area contributed by atoms with Gasteiger partial charge >= 0.3 is 6.11 Å². The number of para-hydroxylation sites is 1. The van der Waals surface area contributed by atoms with Crippen molar-refractivity contribution in [3.8, 4) is 0 Å². The Hall–Kier alpha value is -1.55. The average Bonchev–Trinajstić information content (AvgIpc) is 2.36. The van der Waals surface area contributed by atoms with E-state index in [0.29, 0.717) is 0 Å². The number of pyridine rings is 1. The first kappa shape index (κ1) is 11.9. The van der Waals surface area contributed by atoms with Crippen LogP contribution in [0.4, 0.5) is 8.78 Å². The molecule has 90 valence electrons. The predicted octanol–water partition coefficient (Wildman–Crippen LogP) is 3.75. The minimum atomic E-state index is -3.07. The molecule has 0 amide bonds. The monoisotopic (exact) mass is 237 g/mol. The van der Waals surface area contributed by atoms with Crippen LogP contribution in [0.5, 0.6) is 0 Å². The van der Waals surface area contributed by atoms with Crippen LogP contribution < -0.4 is 0 Å². The van der Waals surface area contributed by atoms with Crippen molar-refractivity contribution < 1.29 is 13.5 Å². The van der Waals surface area contributed by atoms with E-state index in [9.17, 15) is 8.78 Å². The second kappa shape index (κ2) is 4.75. The highest BCUT2D eigenvalue weighted by Crippen LogP contribution is 2.23. The molecule has 0 bridgehead atoms. The van der Waals surface area contributed by atoms with Crippen LogP contribution in [0.15, 0.2) is 36.5 Å². The third-order valence-corrected chi connectivity index (χ3v) is 2.59. The Morgan fingerprint density at radius 2 is 2.00 bits per heavy atom. The van der Waals surface area contributed by atoms with Crippen molar-refractivity contribution in [1.82, 2.24) is 4.98 Å². The van der Waals surface area contributed by atoms with Gasteiger partial charge in [0.15, 0.2) is 0 Å². The fourth-order valence-electron chi connectivity index (χ4n) is 1.57. The van der Waals surface area contributed by atoms with Crippen molar-refractivity contribution in [2.45, 2.75) is 26.1 Å². The summed E-state index contributed by atoms with van der Waals surface area (Å²) < 4.78 is 30.6. The van der Waals surface area contributed by atoms with Crippen molar-refractivity contribution in [3.05, 3.63) is 42.1 Å². The maximum atomic E-state index is 13.0. The highest BCUT2D eigenvalue weighted by atomic mass is 19.3. The molecule has 0 saturated carbocycles. The summed E-state index contributed by atoms with van der Waals surface area (Å²) in [6.45, 7) is 1.29. The molecule has 0 aliphatic carbocycles. The minimum absolute atomic E-state index is 0.107. The first-order chi connectivity index (χ1) is 8.12. The average molecular weight is 237 g/mol. The minimum Gasteiger partial charge on any atom is -0.316 e. The van der Waals surface area contributed by atoms with Gasteiger partial charge in [-0.1, -0.05) is 25.1 Å². The lowest BCUT2D eigenvalue weighted by atomic mass is 10.1. The first-order valence-corrected chi connectivity index (χ1v) is 5.47. The second-order valence-electron chi connectivity index (χ2n) is 3.77. The van der Waals surface area contributed by atoms with E-state index in [1.807, 2.05) is 24.3 Å². The zero-order valence-electron chi connectivity index (χ0n) is 9.49. The summed E-state index contributed by atoms with van der Waals surface area (Å²) in [7, 11) is 0. The Kier molecular flexibility index (Phi) is 3.33. The molecule has 17 heavy (non-hydrogen) atoms. The van der Waals surface area contributed by atoms with Gasteiger partial charge < -0.3 is 4.74 Å². The maximum Gasteiger partial charge on any atom is 0.355 e. The number of hydrogen-bond donors (Lipinski definition) is 0. The topological polar surface area (TPSA) is 22.1 Å². The van der Waals surface area contributed by atoms with Gasteiger partial charge in [-0.2, -0.15) is 8.78 Å². The van der Waals surface area contributed by atoms with Crippen LogP contribution >= 0.6 is 0 Å². The maximum absolute atomic E-state index is 13.0. The van der Waals surface area contributed by atoms with Gasteiger partial charge in [-0.25, -0.2) is 0 Å². The number of alkyl halides is 2. The summed E-state index contributed by atoms with van der Waals surface area (Å²) >= 11 is 0. The molecule has 1 aromatic carbocycles. The normalized spacial score (nSPS) is 11.9. The van der Waals surface area contributed by atoms with E-state index >= 15 is 0 Å². The van der Waals surface area contributed by atoms with Crippen molar-refractivity contribution >= 4 is 10.9 Å². The molecule has 0 unspecified atom stereocenters. The molecule has 2 rings (SSSR count). The van der Waals surface area contributed by atoms with Crippen molar-refractivity contribution in [3.63, 3.8) is 0 Å². The van der Waals surface area contributed by atoms with Crippen LogP contribution in [0.3, 0.4) is 0 Å². The molecule has 0 N–H and O–H groups in total. The highest BCUT2D eigenvalue weighted by molar-refractivity contribution is 5.81. The molecule has 1 aromatic heterocycles. The number of aromatic nitrogens is 1. The van der Waals surface area contributed by atoms with Crippen LogP contribution in [-0.4, -0.2) is 11.1 Å². The van der Waals surface area contributed by atoms with E-state index < -0.39 is 6.11 Å². The summed E-state index contributed by atoms with van der Waals surface area (Å²) in [5, 5.41) is 0.849. The number of fused-ring (bicyclic) bond motifs is 1. The standard InChI is InChI=1S/C13H13F2NO/c1-2-13(14,15)17-9-10-7-8-16-12-6-4-3-5-11(10)12/h3-8H,2,9H2,1H3. The second-order valence-corrected chi connectivity index (χ2v) is 3.77. The quantitative estimate of drug-likeness (QED) is 0.807. The zero-order chi connectivity index (χ0) is 12.3. The van der Waals surface area contributed by atoms with E-state index in [1.165, 1.54) is 6.92 Å².